The summed E-state index contributed by atoms with van der Waals surface area (Å²) in [5.74, 6) is 3.78. The molecule has 170 valence electrons. The van der Waals surface area contributed by atoms with Gasteiger partial charge in [-0.2, -0.15) is 0 Å². The van der Waals surface area contributed by atoms with Crippen molar-refractivity contribution in [2.75, 3.05) is 0 Å². The molecule has 0 heterocycles. The lowest BCUT2D eigenvalue weighted by Crippen LogP contribution is -2.39. The van der Waals surface area contributed by atoms with E-state index in [-0.39, 0.29) is 0 Å². The average molecular weight is 407 g/mol. The summed E-state index contributed by atoms with van der Waals surface area (Å²) < 4.78 is 13.3. The Morgan fingerprint density at radius 3 is 1.21 bits per heavy atom. The van der Waals surface area contributed by atoms with Gasteiger partial charge in [0.1, 0.15) is 0 Å². The summed E-state index contributed by atoms with van der Waals surface area (Å²) >= 11 is 0. The number of ether oxygens (including phenoxy) is 2. The van der Waals surface area contributed by atoms with Crippen LogP contribution in [0.1, 0.15) is 118 Å². The van der Waals surface area contributed by atoms with Crippen molar-refractivity contribution in [3.8, 4) is 0 Å². The van der Waals surface area contributed by atoms with E-state index in [4.69, 9.17) is 9.47 Å². The predicted octanol–water partition coefficient (Wildman–Crippen LogP) is 7.79. The first kappa shape index (κ1) is 23.6. The molecule has 6 atom stereocenters. The molecule has 0 aromatic carbocycles. The standard InChI is InChI=1S/C27H50O2/c1-19-16-26(22(4)28-20(2)24-12-8-6-9-13-24)18-27(17-19)23(5)29-21(3)25-14-10-7-11-15-25/h19-27H,6-18H2,1-5H3. The van der Waals surface area contributed by atoms with Gasteiger partial charge in [-0.05, 0) is 102 Å². The Morgan fingerprint density at radius 1 is 0.483 bits per heavy atom. The van der Waals surface area contributed by atoms with Crippen molar-refractivity contribution in [1.82, 2.24) is 0 Å². The van der Waals surface area contributed by atoms with Crippen molar-refractivity contribution in [2.45, 2.75) is 143 Å². The highest BCUT2D eigenvalue weighted by Crippen LogP contribution is 2.40. The van der Waals surface area contributed by atoms with E-state index in [0.717, 1.165) is 17.8 Å². The average Bonchev–Trinajstić information content (AvgIpc) is 2.74. The highest BCUT2D eigenvalue weighted by atomic mass is 16.5. The van der Waals surface area contributed by atoms with Gasteiger partial charge in [0, 0.05) is 0 Å². The highest BCUT2D eigenvalue weighted by molar-refractivity contribution is 4.85. The van der Waals surface area contributed by atoms with Gasteiger partial charge in [-0.1, -0.05) is 45.4 Å². The second kappa shape index (κ2) is 11.5. The molecule has 0 saturated heterocycles. The molecule has 0 radical (unpaired) electrons. The van der Waals surface area contributed by atoms with E-state index in [0.29, 0.717) is 36.3 Å². The van der Waals surface area contributed by atoms with E-state index in [1.807, 2.05) is 0 Å². The van der Waals surface area contributed by atoms with Crippen LogP contribution in [0.25, 0.3) is 0 Å². The first-order valence-corrected chi connectivity index (χ1v) is 13.2. The molecular formula is C27H50O2. The Bertz CT molecular complexity index is 411. The Labute approximate surface area is 181 Å². The van der Waals surface area contributed by atoms with Crippen molar-refractivity contribution in [3.05, 3.63) is 0 Å². The van der Waals surface area contributed by atoms with E-state index in [2.05, 4.69) is 34.6 Å². The van der Waals surface area contributed by atoms with Crippen LogP contribution in [0.3, 0.4) is 0 Å². The molecule has 3 saturated carbocycles. The van der Waals surface area contributed by atoms with Crippen LogP contribution in [-0.2, 0) is 9.47 Å². The summed E-state index contributed by atoms with van der Waals surface area (Å²) in [6, 6.07) is 0. The number of hydrogen-bond donors (Lipinski definition) is 0. The molecule has 0 aromatic heterocycles. The van der Waals surface area contributed by atoms with Crippen LogP contribution in [0.4, 0.5) is 0 Å². The maximum atomic E-state index is 6.64. The zero-order chi connectivity index (χ0) is 20.8. The van der Waals surface area contributed by atoms with Crippen LogP contribution in [0.15, 0.2) is 0 Å². The molecule has 3 aliphatic rings. The van der Waals surface area contributed by atoms with Crippen LogP contribution >= 0.6 is 0 Å². The van der Waals surface area contributed by atoms with Gasteiger partial charge in [0.25, 0.3) is 0 Å². The maximum Gasteiger partial charge on any atom is 0.0579 e. The zero-order valence-corrected chi connectivity index (χ0v) is 20.2. The summed E-state index contributed by atoms with van der Waals surface area (Å²) in [4.78, 5) is 0. The molecule has 0 aliphatic heterocycles. The minimum Gasteiger partial charge on any atom is -0.375 e. The second-order valence-corrected chi connectivity index (χ2v) is 11.2. The first-order chi connectivity index (χ1) is 13.9. The van der Waals surface area contributed by atoms with Gasteiger partial charge in [0.2, 0.25) is 0 Å². The smallest absolute Gasteiger partial charge is 0.0579 e. The molecule has 0 N–H and O–H groups in total. The first-order valence-electron chi connectivity index (χ1n) is 13.2. The Kier molecular flexibility index (Phi) is 9.36. The van der Waals surface area contributed by atoms with Crippen LogP contribution in [0.2, 0.25) is 0 Å². The molecule has 0 spiro atoms. The zero-order valence-electron chi connectivity index (χ0n) is 20.2. The van der Waals surface area contributed by atoms with Crippen molar-refractivity contribution in [3.63, 3.8) is 0 Å². The van der Waals surface area contributed by atoms with Crippen LogP contribution < -0.4 is 0 Å². The molecule has 0 aromatic rings. The molecule has 3 rings (SSSR count). The molecule has 2 heteroatoms. The molecule has 29 heavy (non-hydrogen) atoms. The Morgan fingerprint density at radius 2 is 0.828 bits per heavy atom. The van der Waals surface area contributed by atoms with E-state index < -0.39 is 0 Å². The Balaban J connectivity index is 1.49. The van der Waals surface area contributed by atoms with Crippen molar-refractivity contribution >= 4 is 0 Å². The molecule has 3 aliphatic carbocycles. The minimum atomic E-state index is 0.389. The van der Waals surface area contributed by atoms with E-state index in [1.54, 1.807) is 0 Å². The minimum absolute atomic E-state index is 0.389. The van der Waals surface area contributed by atoms with Crippen molar-refractivity contribution < 1.29 is 9.47 Å². The fourth-order valence-electron chi connectivity index (χ4n) is 6.81. The normalized spacial score (nSPS) is 34.4. The SMILES string of the molecule is CC1CC(C(C)OC(C)C2CCCCC2)CC(C(C)OC(C)C2CCCCC2)C1. The largest absolute Gasteiger partial charge is 0.375 e. The molecule has 0 amide bonds. The Hall–Kier alpha value is -0.0800. The number of rotatable bonds is 8. The lowest BCUT2D eigenvalue weighted by Gasteiger charge is -2.41. The molecule has 0 bridgehead atoms. The summed E-state index contributed by atoms with van der Waals surface area (Å²) in [6.45, 7) is 11.8. The molecule has 3 fully saturated rings. The van der Waals surface area contributed by atoms with E-state index >= 15 is 0 Å². The van der Waals surface area contributed by atoms with E-state index in [9.17, 15) is 0 Å². The van der Waals surface area contributed by atoms with Crippen LogP contribution in [0, 0.1) is 29.6 Å². The van der Waals surface area contributed by atoms with E-state index in [1.165, 1.54) is 83.5 Å². The quantitative estimate of drug-likeness (QED) is 0.409. The molecule has 6 unspecified atom stereocenters. The summed E-state index contributed by atoms with van der Waals surface area (Å²) in [5, 5.41) is 0. The van der Waals surface area contributed by atoms with Crippen molar-refractivity contribution in [2.24, 2.45) is 29.6 Å². The van der Waals surface area contributed by atoms with Gasteiger partial charge < -0.3 is 9.47 Å². The van der Waals surface area contributed by atoms with Gasteiger partial charge in [-0.3, -0.25) is 0 Å². The summed E-state index contributed by atoms with van der Waals surface area (Å²) in [6.07, 6.45) is 19.6. The highest BCUT2D eigenvalue weighted by Gasteiger charge is 2.35. The second-order valence-electron chi connectivity index (χ2n) is 11.2. The van der Waals surface area contributed by atoms with Gasteiger partial charge in [0.15, 0.2) is 0 Å². The third-order valence-corrected chi connectivity index (χ3v) is 8.83. The molecular weight excluding hydrogens is 356 g/mol. The van der Waals surface area contributed by atoms with Gasteiger partial charge in [0.05, 0.1) is 24.4 Å². The van der Waals surface area contributed by atoms with Gasteiger partial charge in [-0.25, -0.2) is 0 Å². The van der Waals surface area contributed by atoms with Crippen LogP contribution in [-0.4, -0.2) is 24.4 Å². The van der Waals surface area contributed by atoms with Crippen molar-refractivity contribution in [1.29, 1.82) is 0 Å². The third-order valence-electron chi connectivity index (χ3n) is 8.83. The topological polar surface area (TPSA) is 18.5 Å². The number of hydrogen-bond acceptors (Lipinski definition) is 2. The lowest BCUT2D eigenvalue weighted by atomic mass is 9.72. The third kappa shape index (κ3) is 6.96. The summed E-state index contributed by atoms with van der Waals surface area (Å²) in [5.41, 5.74) is 0. The fourth-order valence-corrected chi connectivity index (χ4v) is 6.81. The van der Waals surface area contributed by atoms with Gasteiger partial charge in [-0.15, -0.1) is 0 Å². The maximum absolute atomic E-state index is 6.64. The summed E-state index contributed by atoms with van der Waals surface area (Å²) in [7, 11) is 0. The fraction of sp³-hybridized carbons (Fsp3) is 1.00. The molecule has 2 nitrogen and oxygen atoms in total. The lowest BCUT2D eigenvalue weighted by molar-refractivity contribution is -0.0978. The van der Waals surface area contributed by atoms with Gasteiger partial charge >= 0.3 is 0 Å². The monoisotopic (exact) mass is 406 g/mol. The predicted molar refractivity (Wildman–Crippen MR) is 123 cm³/mol. The van der Waals surface area contributed by atoms with Crippen LogP contribution in [0.5, 0.6) is 0 Å².